The SMILES string of the molecule is Cc1ccc(S(=O)(=O)N2CCCC2CCC#N)cc1. The first-order chi connectivity index (χ1) is 9.05. The number of rotatable bonds is 4. The minimum absolute atomic E-state index is 0.0223. The maximum atomic E-state index is 12.6. The van der Waals surface area contributed by atoms with Gasteiger partial charge in [-0.1, -0.05) is 17.7 Å². The fourth-order valence-corrected chi connectivity index (χ4v) is 4.21. The van der Waals surface area contributed by atoms with Crippen LogP contribution in [0.25, 0.3) is 0 Å². The smallest absolute Gasteiger partial charge is 0.207 e. The third-order valence-corrected chi connectivity index (χ3v) is 5.51. The van der Waals surface area contributed by atoms with E-state index in [-0.39, 0.29) is 6.04 Å². The van der Waals surface area contributed by atoms with Crippen LogP contribution in [0.3, 0.4) is 0 Å². The molecule has 0 amide bonds. The van der Waals surface area contributed by atoms with Crippen molar-refractivity contribution < 1.29 is 8.42 Å². The number of sulfonamides is 1. The maximum Gasteiger partial charge on any atom is 0.243 e. The van der Waals surface area contributed by atoms with E-state index >= 15 is 0 Å². The third kappa shape index (κ3) is 2.96. The normalized spacial score (nSPS) is 20.3. The lowest BCUT2D eigenvalue weighted by Crippen LogP contribution is -2.35. The van der Waals surface area contributed by atoms with Gasteiger partial charge >= 0.3 is 0 Å². The number of nitriles is 1. The van der Waals surface area contributed by atoms with E-state index in [1.54, 1.807) is 16.4 Å². The van der Waals surface area contributed by atoms with Crippen molar-refractivity contribution in [2.45, 2.75) is 43.5 Å². The molecule has 1 saturated heterocycles. The molecule has 0 bridgehead atoms. The highest BCUT2D eigenvalue weighted by Gasteiger charge is 2.34. The number of aryl methyl sites for hydroxylation is 1. The zero-order valence-corrected chi connectivity index (χ0v) is 11.9. The second-order valence-electron chi connectivity index (χ2n) is 4.92. The lowest BCUT2D eigenvalue weighted by molar-refractivity contribution is 0.373. The Morgan fingerprint density at radius 2 is 2.05 bits per heavy atom. The highest BCUT2D eigenvalue weighted by molar-refractivity contribution is 7.89. The molecule has 1 fully saturated rings. The summed E-state index contributed by atoms with van der Waals surface area (Å²) in [6, 6.07) is 9.01. The molecule has 0 N–H and O–H groups in total. The minimum Gasteiger partial charge on any atom is -0.207 e. The van der Waals surface area contributed by atoms with Crippen molar-refractivity contribution in [2.75, 3.05) is 6.54 Å². The lowest BCUT2D eigenvalue weighted by Gasteiger charge is -2.23. The Bertz CT molecular complexity index is 572. The van der Waals surface area contributed by atoms with Crippen LogP contribution in [0.15, 0.2) is 29.2 Å². The van der Waals surface area contributed by atoms with E-state index in [1.807, 2.05) is 19.1 Å². The van der Waals surface area contributed by atoms with Gasteiger partial charge in [0.2, 0.25) is 10.0 Å². The van der Waals surface area contributed by atoms with Gasteiger partial charge in [-0.3, -0.25) is 0 Å². The Labute approximate surface area is 114 Å². The average Bonchev–Trinajstić information content (AvgIpc) is 2.86. The lowest BCUT2D eigenvalue weighted by atomic mass is 10.1. The van der Waals surface area contributed by atoms with Gasteiger partial charge in [-0.25, -0.2) is 8.42 Å². The van der Waals surface area contributed by atoms with E-state index in [0.29, 0.717) is 24.3 Å². The summed E-state index contributed by atoms with van der Waals surface area (Å²) in [5.41, 5.74) is 1.04. The van der Waals surface area contributed by atoms with E-state index in [0.717, 1.165) is 18.4 Å². The number of nitrogens with zero attached hydrogens (tertiary/aromatic N) is 2. The Morgan fingerprint density at radius 3 is 2.68 bits per heavy atom. The van der Waals surface area contributed by atoms with Gasteiger partial charge in [0.15, 0.2) is 0 Å². The van der Waals surface area contributed by atoms with E-state index in [2.05, 4.69) is 6.07 Å². The van der Waals surface area contributed by atoms with Gasteiger partial charge < -0.3 is 0 Å². The molecule has 1 aromatic carbocycles. The van der Waals surface area contributed by atoms with Crippen LogP contribution in [0.4, 0.5) is 0 Å². The summed E-state index contributed by atoms with van der Waals surface area (Å²) < 4.78 is 26.7. The van der Waals surface area contributed by atoms with Crippen LogP contribution >= 0.6 is 0 Å². The topological polar surface area (TPSA) is 61.2 Å². The predicted molar refractivity (Wildman–Crippen MR) is 72.9 cm³/mol. The van der Waals surface area contributed by atoms with E-state index < -0.39 is 10.0 Å². The molecule has 1 aromatic rings. The molecule has 0 aromatic heterocycles. The molecule has 1 unspecified atom stereocenters. The van der Waals surface area contributed by atoms with Crippen molar-refractivity contribution in [1.29, 1.82) is 5.26 Å². The van der Waals surface area contributed by atoms with Crippen molar-refractivity contribution in [1.82, 2.24) is 4.31 Å². The molecule has 0 radical (unpaired) electrons. The van der Waals surface area contributed by atoms with Crippen LogP contribution in [-0.4, -0.2) is 25.3 Å². The van der Waals surface area contributed by atoms with Crippen LogP contribution in [0, 0.1) is 18.3 Å². The molecular weight excluding hydrogens is 260 g/mol. The number of hydrogen-bond acceptors (Lipinski definition) is 3. The van der Waals surface area contributed by atoms with Crippen molar-refractivity contribution in [2.24, 2.45) is 0 Å². The molecule has 1 aliphatic rings. The summed E-state index contributed by atoms with van der Waals surface area (Å²) in [5.74, 6) is 0. The molecule has 0 spiro atoms. The molecule has 4 nitrogen and oxygen atoms in total. The summed E-state index contributed by atoms with van der Waals surface area (Å²) in [4.78, 5) is 0.349. The first kappa shape index (κ1) is 14.0. The van der Waals surface area contributed by atoms with Crippen molar-refractivity contribution in [3.63, 3.8) is 0 Å². The molecule has 0 saturated carbocycles. The monoisotopic (exact) mass is 278 g/mol. The summed E-state index contributed by atoms with van der Waals surface area (Å²) in [7, 11) is -3.41. The van der Waals surface area contributed by atoms with E-state index in [1.165, 1.54) is 0 Å². The standard InChI is InChI=1S/C14H18N2O2S/c1-12-6-8-14(9-7-12)19(17,18)16-11-3-5-13(16)4-2-10-15/h6-9,13H,2-5,11H2,1H3. The average molecular weight is 278 g/mol. The quantitative estimate of drug-likeness (QED) is 0.850. The first-order valence-electron chi connectivity index (χ1n) is 6.51. The van der Waals surface area contributed by atoms with Gasteiger partial charge in [0.25, 0.3) is 0 Å². The van der Waals surface area contributed by atoms with Crippen molar-refractivity contribution in [3.8, 4) is 6.07 Å². The largest absolute Gasteiger partial charge is 0.243 e. The minimum atomic E-state index is -3.41. The molecule has 5 heteroatoms. The second-order valence-corrected chi connectivity index (χ2v) is 6.81. The van der Waals surface area contributed by atoms with Crippen molar-refractivity contribution >= 4 is 10.0 Å². The van der Waals surface area contributed by atoms with E-state index in [9.17, 15) is 8.42 Å². The highest BCUT2D eigenvalue weighted by Crippen LogP contribution is 2.28. The van der Waals surface area contributed by atoms with Crippen molar-refractivity contribution in [3.05, 3.63) is 29.8 Å². The zero-order valence-electron chi connectivity index (χ0n) is 11.0. The molecular formula is C14H18N2O2S. The second kappa shape index (κ2) is 5.72. The summed E-state index contributed by atoms with van der Waals surface area (Å²) >= 11 is 0. The number of hydrogen-bond donors (Lipinski definition) is 0. The molecule has 1 heterocycles. The summed E-state index contributed by atoms with van der Waals surface area (Å²) in [6.07, 6.45) is 2.76. The van der Waals surface area contributed by atoms with Crippen LogP contribution in [-0.2, 0) is 10.0 Å². The Hall–Kier alpha value is -1.38. The first-order valence-corrected chi connectivity index (χ1v) is 7.95. The molecule has 2 rings (SSSR count). The van der Waals surface area contributed by atoms with Crippen LogP contribution < -0.4 is 0 Å². The number of benzene rings is 1. The molecule has 1 atom stereocenters. The third-order valence-electron chi connectivity index (χ3n) is 3.54. The van der Waals surface area contributed by atoms with Gasteiger partial charge in [0.05, 0.1) is 11.0 Å². The molecule has 19 heavy (non-hydrogen) atoms. The van der Waals surface area contributed by atoms with Gasteiger partial charge in [0, 0.05) is 19.0 Å². The highest BCUT2D eigenvalue weighted by atomic mass is 32.2. The van der Waals surface area contributed by atoms with Gasteiger partial charge in [-0.15, -0.1) is 0 Å². The fourth-order valence-electron chi connectivity index (χ4n) is 2.49. The Balaban J connectivity index is 2.23. The predicted octanol–water partition coefficient (Wildman–Crippen LogP) is 2.45. The Morgan fingerprint density at radius 1 is 1.37 bits per heavy atom. The van der Waals surface area contributed by atoms with Gasteiger partial charge in [-0.05, 0) is 38.3 Å². The molecule has 102 valence electrons. The van der Waals surface area contributed by atoms with Gasteiger partial charge in [0.1, 0.15) is 0 Å². The Kier molecular flexibility index (Phi) is 4.23. The van der Waals surface area contributed by atoms with E-state index in [4.69, 9.17) is 5.26 Å². The van der Waals surface area contributed by atoms with Crippen LogP contribution in [0.5, 0.6) is 0 Å². The fraction of sp³-hybridized carbons (Fsp3) is 0.500. The maximum absolute atomic E-state index is 12.6. The zero-order chi connectivity index (χ0) is 13.9. The molecule has 1 aliphatic heterocycles. The molecule has 0 aliphatic carbocycles. The van der Waals surface area contributed by atoms with Crippen LogP contribution in [0.1, 0.15) is 31.2 Å². The summed E-state index contributed by atoms with van der Waals surface area (Å²) in [5, 5.41) is 8.65. The van der Waals surface area contributed by atoms with Gasteiger partial charge in [-0.2, -0.15) is 9.57 Å². The summed E-state index contributed by atoms with van der Waals surface area (Å²) in [6.45, 7) is 2.49. The van der Waals surface area contributed by atoms with Crippen LogP contribution in [0.2, 0.25) is 0 Å².